The van der Waals surface area contributed by atoms with Crippen molar-refractivity contribution in [3.63, 3.8) is 0 Å². The number of carbonyl (C=O) groups is 2. The molecule has 1 aromatic carbocycles. The van der Waals surface area contributed by atoms with Crippen LogP contribution in [0.5, 0.6) is 5.88 Å². The summed E-state index contributed by atoms with van der Waals surface area (Å²) in [5, 5.41) is 9.40. The molecule has 1 atom stereocenters. The second kappa shape index (κ2) is 6.31. The van der Waals surface area contributed by atoms with Gasteiger partial charge < -0.3 is 14.7 Å². The Hall–Kier alpha value is -2.89. The summed E-state index contributed by atoms with van der Waals surface area (Å²) in [5.41, 5.74) is 1.49. The highest BCUT2D eigenvalue weighted by molar-refractivity contribution is 6.07. The lowest BCUT2D eigenvalue weighted by Crippen LogP contribution is -2.32. The second-order valence-corrected chi connectivity index (χ2v) is 5.89. The van der Waals surface area contributed by atoms with Gasteiger partial charge in [0, 0.05) is 18.3 Å². The molecule has 2 heterocycles. The lowest BCUT2D eigenvalue weighted by Gasteiger charge is -2.17. The van der Waals surface area contributed by atoms with Gasteiger partial charge in [0.1, 0.15) is 11.6 Å². The number of aromatic nitrogens is 1. The second-order valence-electron chi connectivity index (χ2n) is 5.89. The fraction of sp³-hybridized carbons (Fsp3) is 0.278. The minimum absolute atomic E-state index is 0.0493. The summed E-state index contributed by atoms with van der Waals surface area (Å²) in [7, 11) is 0. The highest BCUT2D eigenvalue weighted by atomic mass is 16.5. The van der Waals surface area contributed by atoms with Gasteiger partial charge >= 0.3 is 5.97 Å². The van der Waals surface area contributed by atoms with E-state index in [1.165, 1.54) is 4.90 Å². The standard InChI is InChI=1S/C18H18N2O4/c1-11(2)24-16-9-5-7-14(19-16)17(21)20-10-13(18(22)23)12-6-3-4-8-15(12)20/h3-9,11,13H,10H2,1-2H3,(H,22,23)/t13-/m1/s1. The molecule has 1 aliphatic heterocycles. The van der Waals surface area contributed by atoms with Crippen molar-refractivity contribution in [3.8, 4) is 5.88 Å². The monoisotopic (exact) mass is 326 g/mol. The van der Waals surface area contributed by atoms with Crippen molar-refractivity contribution >= 4 is 17.6 Å². The van der Waals surface area contributed by atoms with Crippen LogP contribution < -0.4 is 9.64 Å². The SMILES string of the molecule is CC(C)Oc1cccc(C(=O)N2C[C@@H](C(=O)O)c3ccccc32)n1. The van der Waals surface area contributed by atoms with E-state index in [-0.39, 0.29) is 24.2 Å². The highest BCUT2D eigenvalue weighted by Gasteiger charge is 2.37. The molecule has 0 aliphatic carbocycles. The average Bonchev–Trinajstić information content (AvgIpc) is 2.93. The van der Waals surface area contributed by atoms with Crippen molar-refractivity contribution in [2.45, 2.75) is 25.9 Å². The molecule has 0 fully saturated rings. The molecule has 3 rings (SSSR count). The lowest BCUT2D eigenvalue weighted by molar-refractivity contribution is -0.138. The number of nitrogens with zero attached hydrogens (tertiary/aromatic N) is 2. The molecule has 124 valence electrons. The number of benzene rings is 1. The molecule has 1 amide bonds. The summed E-state index contributed by atoms with van der Waals surface area (Å²) in [6.45, 7) is 3.86. The molecule has 2 aromatic rings. The van der Waals surface area contributed by atoms with E-state index in [1.54, 1.807) is 42.5 Å². The molecular weight excluding hydrogens is 308 g/mol. The molecule has 1 aromatic heterocycles. The molecule has 1 aliphatic rings. The number of hydrogen-bond donors (Lipinski definition) is 1. The number of carboxylic acid groups (broad SMARTS) is 1. The maximum Gasteiger partial charge on any atom is 0.312 e. The van der Waals surface area contributed by atoms with Gasteiger partial charge in [0.25, 0.3) is 5.91 Å². The minimum atomic E-state index is -0.942. The van der Waals surface area contributed by atoms with E-state index in [0.717, 1.165) is 0 Å². The number of hydrogen-bond acceptors (Lipinski definition) is 4. The van der Waals surface area contributed by atoms with Gasteiger partial charge in [-0.25, -0.2) is 4.98 Å². The number of para-hydroxylation sites is 1. The van der Waals surface area contributed by atoms with Crippen molar-refractivity contribution in [2.75, 3.05) is 11.4 Å². The largest absolute Gasteiger partial charge is 0.481 e. The maximum absolute atomic E-state index is 12.8. The summed E-state index contributed by atoms with van der Waals surface area (Å²) >= 11 is 0. The molecule has 0 unspecified atom stereocenters. The van der Waals surface area contributed by atoms with Crippen LogP contribution in [0.2, 0.25) is 0 Å². The Morgan fingerprint density at radius 2 is 1.96 bits per heavy atom. The zero-order valence-corrected chi connectivity index (χ0v) is 13.5. The first-order chi connectivity index (χ1) is 11.5. The summed E-state index contributed by atoms with van der Waals surface area (Å²) in [6.07, 6.45) is -0.0493. The van der Waals surface area contributed by atoms with Gasteiger partial charge in [-0.1, -0.05) is 24.3 Å². The van der Waals surface area contributed by atoms with Crippen LogP contribution >= 0.6 is 0 Å². The number of pyridine rings is 1. The fourth-order valence-corrected chi connectivity index (χ4v) is 2.79. The van der Waals surface area contributed by atoms with Crippen LogP contribution in [-0.2, 0) is 4.79 Å². The molecule has 0 bridgehead atoms. The molecule has 0 radical (unpaired) electrons. The fourth-order valence-electron chi connectivity index (χ4n) is 2.79. The summed E-state index contributed by atoms with van der Waals surface area (Å²) < 4.78 is 5.52. The van der Waals surface area contributed by atoms with Gasteiger partial charge in [0.2, 0.25) is 5.88 Å². The zero-order valence-electron chi connectivity index (χ0n) is 13.5. The van der Waals surface area contributed by atoms with Crippen molar-refractivity contribution < 1.29 is 19.4 Å². The number of anilines is 1. The number of aliphatic carboxylic acids is 1. The topological polar surface area (TPSA) is 79.7 Å². The molecule has 0 spiro atoms. The van der Waals surface area contributed by atoms with Crippen LogP contribution in [0.25, 0.3) is 0 Å². The van der Waals surface area contributed by atoms with E-state index in [4.69, 9.17) is 4.74 Å². The van der Waals surface area contributed by atoms with E-state index < -0.39 is 11.9 Å². The lowest BCUT2D eigenvalue weighted by atomic mass is 10.0. The maximum atomic E-state index is 12.8. The smallest absolute Gasteiger partial charge is 0.312 e. The molecule has 6 nitrogen and oxygen atoms in total. The average molecular weight is 326 g/mol. The van der Waals surface area contributed by atoms with E-state index in [2.05, 4.69) is 4.98 Å². The Kier molecular flexibility index (Phi) is 4.20. The van der Waals surface area contributed by atoms with E-state index >= 15 is 0 Å². The van der Waals surface area contributed by atoms with Gasteiger partial charge in [0.15, 0.2) is 0 Å². The third kappa shape index (κ3) is 2.95. The van der Waals surface area contributed by atoms with E-state index in [1.807, 2.05) is 13.8 Å². The predicted octanol–water partition coefficient (Wildman–Crippen LogP) is 2.70. The van der Waals surface area contributed by atoms with Gasteiger partial charge in [-0.05, 0) is 31.5 Å². The Bertz CT molecular complexity index is 788. The van der Waals surface area contributed by atoms with Crippen LogP contribution in [0.3, 0.4) is 0 Å². The van der Waals surface area contributed by atoms with E-state index in [9.17, 15) is 14.7 Å². The van der Waals surface area contributed by atoms with Crippen molar-refractivity contribution in [3.05, 3.63) is 53.7 Å². The van der Waals surface area contributed by atoms with Crippen LogP contribution in [0.15, 0.2) is 42.5 Å². The summed E-state index contributed by atoms with van der Waals surface area (Å²) in [4.78, 5) is 30.0. The number of amides is 1. The Morgan fingerprint density at radius 3 is 2.67 bits per heavy atom. The summed E-state index contributed by atoms with van der Waals surface area (Å²) in [5.74, 6) is -1.62. The Balaban J connectivity index is 1.92. The molecule has 6 heteroatoms. The first kappa shape index (κ1) is 16.0. The Labute approximate surface area is 139 Å². The van der Waals surface area contributed by atoms with Crippen molar-refractivity contribution in [1.82, 2.24) is 4.98 Å². The molecule has 1 N–H and O–H groups in total. The van der Waals surface area contributed by atoms with Crippen LogP contribution in [0.1, 0.15) is 35.8 Å². The number of fused-ring (bicyclic) bond motifs is 1. The first-order valence-corrected chi connectivity index (χ1v) is 7.74. The van der Waals surface area contributed by atoms with Crippen molar-refractivity contribution in [1.29, 1.82) is 0 Å². The third-order valence-electron chi connectivity index (χ3n) is 3.81. The summed E-state index contributed by atoms with van der Waals surface area (Å²) in [6, 6.07) is 12.1. The normalized spacial score (nSPS) is 16.1. The quantitative estimate of drug-likeness (QED) is 0.934. The number of carboxylic acids is 1. The number of ether oxygens (including phenoxy) is 1. The number of carbonyl (C=O) groups excluding carboxylic acids is 1. The van der Waals surface area contributed by atoms with Gasteiger partial charge in [-0.3, -0.25) is 9.59 Å². The van der Waals surface area contributed by atoms with Crippen molar-refractivity contribution in [2.24, 2.45) is 0 Å². The minimum Gasteiger partial charge on any atom is -0.481 e. The number of rotatable bonds is 4. The van der Waals surface area contributed by atoms with Gasteiger partial charge in [-0.2, -0.15) is 0 Å². The van der Waals surface area contributed by atoms with Crippen LogP contribution in [0, 0.1) is 0 Å². The highest BCUT2D eigenvalue weighted by Crippen LogP contribution is 2.37. The van der Waals surface area contributed by atoms with E-state index in [0.29, 0.717) is 17.1 Å². The third-order valence-corrected chi connectivity index (χ3v) is 3.81. The first-order valence-electron chi connectivity index (χ1n) is 7.74. The zero-order chi connectivity index (χ0) is 17.3. The van der Waals surface area contributed by atoms with Crippen LogP contribution in [-0.4, -0.2) is 34.6 Å². The predicted molar refractivity (Wildman–Crippen MR) is 88.5 cm³/mol. The van der Waals surface area contributed by atoms with Crippen LogP contribution in [0.4, 0.5) is 5.69 Å². The molecule has 0 saturated carbocycles. The molecular formula is C18H18N2O4. The van der Waals surface area contributed by atoms with Gasteiger partial charge in [-0.15, -0.1) is 0 Å². The van der Waals surface area contributed by atoms with Gasteiger partial charge in [0.05, 0.1) is 6.10 Å². The molecule has 24 heavy (non-hydrogen) atoms. The molecule has 0 saturated heterocycles. The Morgan fingerprint density at radius 1 is 1.21 bits per heavy atom.